The van der Waals surface area contributed by atoms with Crippen LogP contribution < -0.4 is 11.1 Å². The third-order valence-corrected chi connectivity index (χ3v) is 2.55. The van der Waals surface area contributed by atoms with Gasteiger partial charge in [-0.1, -0.05) is 0 Å². The van der Waals surface area contributed by atoms with Gasteiger partial charge in [0.05, 0.1) is 12.1 Å². The largest absolute Gasteiger partial charge is 0.383 e. The van der Waals surface area contributed by atoms with Crippen LogP contribution in [0, 0.1) is 5.92 Å². The highest BCUT2D eigenvalue weighted by atomic mass is 16.1. The van der Waals surface area contributed by atoms with Crippen LogP contribution in [0.2, 0.25) is 0 Å². The molecule has 4 heteroatoms. The van der Waals surface area contributed by atoms with Crippen molar-refractivity contribution in [3.8, 4) is 0 Å². The van der Waals surface area contributed by atoms with Gasteiger partial charge in [-0.2, -0.15) is 0 Å². The summed E-state index contributed by atoms with van der Waals surface area (Å²) in [6.45, 7) is 1.29. The van der Waals surface area contributed by atoms with Gasteiger partial charge in [0.25, 0.3) is 0 Å². The van der Waals surface area contributed by atoms with E-state index in [0.717, 1.165) is 12.5 Å². The Morgan fingerprint density at radius 3 is 3.07 bits per heavy atom. The molecule has 3 N–H and O–H groups in total. The van der Waals surface area contributed by atoms with Crippen LogP contribution in [-0.4, -0.2) is 23.9 Å². The molecule has 0 aliphatic heterocycles. The summed E-state index contributed by atoms with van der Waals surface area (Å²) in [6.07, 6.45) is 4.16. The standard InChI is InChI=1S/C11H15N3O/c12-11-9(2-1-5-14-11)10(15)7-13-6-8-3-4-8/h1-2,5,8,13H,3-4,6-7H2,(H2,12,14). The summed E-state index contributed by atoms with van der Waals surface area (Å²) in [5.41, 5.74) is 6.12. The lowest BCUT2D eigenvalue weighted by Crippen LogP contribution is -2.25. The van der Waals surface area contributed by atoms with Gasteiger partial charge < -0.3 is 11.1 Å². The number of carbonyl (C=O) groups is 1. The number of ketones is 1. The maximum absolute atomic E-state index is 11.7. The van der Waals surface area contributed by atoms with E-state index in [1.807, 2.05) is 0 Å². The lowest BCUT2D eigenvalue weighted by molar-refractivity contribution is 0.0991. The van der Waals surface area contributed by atoms with Gasteiger partial charge in [0, 0.05) is 6.20 Å². The number of aromatic nitrogens is 1. The molecular formula is C11H15N3O. The quantitative estimate of drug-likeness (QED) is 0.699. The van der Waals surface area contributed by atoms with Gasteiger partial charge in [-0.3, -0.25) is 4.79 Å². The zero-order valence-corrected chi connectivity index (χ0v) is 8.57. The molecule has 0 radical (unpaired) electrons. The average Bonchev–Trinajstić information content (AvgIpc) is 3.02. The minimum atomic E-state index is 0.0150. The molecule has 15 heavy (non-hydrogen) atoms. The molecule has 0 spiro atoms. The van der Waals surface area contributed by atoms with Crippen molar-refractivity contribution >= 4 is 11.6 Å². The first-order valence-corrected chi connectivity index (χ1v) is 5.22. The fourth-order valence-corrected chi connectivity index (χ4v) is 1.46. The van der Waals surface area contributed by atoms with Gasteiger partial charge in [-0.05, 0) is 37.4 Å². The Kier molecular flexibility index (Phi) is 2.97. The van der Waals surface area contributed by atoms with E-state index in [2.05, 4.69) is 10.3 Å². The SMILES string of the molecule is Nc1ncccc1C(=O)CNCC1CC1. The van der Waals surface area contributed by atoms with E-state index in [4.69, 9.17) is 5.73 Å². The number of nitrogens with one attached hydrogen (secondary N) is 1. The molecule has 0 aromatic carbocycles. The van der Waals surface area contributed by atoms with Crippen molar-refractivity contribution in [3.05, 3.63) is 23.9 Å². The van der Waals surface area contributed by atoms with Crippen molar-refractivity contribution in [1.29, 1.82) is 0 Å². The number of hydrogen-bond donors (Lipinski definition) is 2. The summed E-state index contributed by atoms with van der Waals surface area (Å²) in [5.74, 6) is 1.11. The zero-order chi connectivity index (χ0) is 10.7. The fraction of sp³-hybridized carbons (Fsp3) is 0.455. The smallest absolute Gasteiger partial charge is 0.180 e. The van der Waals surface area contributed by atoms with Crippen LogP contribution in [0.25, 0.3) is 0 Å². The molecule has 1 aromatic rings. The van der Waals surface area contributed by atoms with E-state index in [9.17, 15) is 4.79 Å². The van der Waals surface area contributed by atoms with E-state index >= 15 is 0 Å². The second-order valence-corrected chi connectivity index (χ2v) is 3.93. The topological polar surface area (TPSA) is 68.0 Å². The number of carbonyl (C=O) groups excluding carboxylic acids is 1. The monoisotopic (exact) mass is 205 g/mol. The van der Waals surface area contributed by atoms with Crippen molar-refractivity contribution in [2.24, 2.45) is 5.92 Å². The molecule has 0 unspecified atom stereocenters. The molecule has 4 nitrogen and oxygen atoms in total. The van der Waals surface area contributed by atoms with Crippen LogP contribution in [0.3, 0.4) is 0 Å². The van der Waals surface area contributed by atoms with Crippen molar-refractivity contribution < 1.29 is 4.79 Å². The van der Waals surface area contributed by atoms with Crippen molar-refractivity contribution in [2.75, 3.05) is 18.8 Å². The molecule has 1 heterocycles. The summed E-state index contributed by atoms with van der Waals surface area (Å²) in [7, 11) is 0. The van der Waals surface area contributed by atoms with Crippen LogP contribution in [-0.2, 0) is 0 Å². The predicted molar refractivity (Wildman–Crippen MR) is 58.6 cm³/mol. The summed E-state index contributed by atoms with van der Waals surface area (Å²) in [6, 6.07) is 3.44. The fourth-order valence-electron chi connectivity index (χ4n) is 1.46. The highest BCUT2D eigenvalue weighted by Gasteiger charge is 2.20. The highest BCUT2D eigenvalue weighted by molar-refractivity contribution is 6.01. The van der Waals surface area contributed by atoms with E-state index < -0.39 is 0 Å². The number of nitrogens with zero attached hydrogens (tertiary/aromatic N) is 1. The first kappa shape index (κ1) is 10.1. The Labute approximate surface area is 88.9 Å². The number of nitrogens with two attached hydrogens (primary N) is 1. The molecule has 0 atom stereocenters. The van der Waals surface area contributed by atoms with Crippen molar-refractivity contribution in [3.63, 3.8) is 0 Å². The third kappa shape index (κ3) is 2.76. The second-order valence-electron chi connectivity index (χ2n) is 3.93. The zero-order valence-electron chi connectivity index (χ0n) is 8.57. The molecule has 1 fully saturated rings. The molecule has 2 rings (SSSR count). The number of pyridine rings is 1. The Balaban J connectivity index is 1.86. The van der Waals surface area contributed by atoms with Gasteiger partial charge in [-0.25, -0.2) is 4.98 Å². The van der Waals surface area contributed by atoms with Crippen molar-refractivity contribution in [1.82, 2.24) is 10.3 Å². The summed E-state index contributed by atoms with van der Waals surface area (Å²) in [5, 5.41) is 3.14. The van der Waals surface area contributed by atoms with Crippen LogP contribution in [0.5, 0.6) is 0 Å². The number of Topliss-reactive ketones (excluding diaryl/α,β-unsaturated/α-hetero) is 1. The third-order valence-electron chi connectivity index (χ3n) is 2.55. The summed E-state index contributed by atoms with van der Waals surface area (Å²) < 4.78 is 0. The molecule has 1 aliphatic rings. The Hall–Kier alpha value is -1.42. The van der Waals surface area contributed by atoms with Crippen LogP contribution >= 0.6 is 0 Å². The van der Waals surface area contributed by atoms with Crippen molar-refractivity contribution in [2.45, 2.75) is 12.8 Å². The summed E-state index contributed by atoms with van der Waals surface area (Å²) in [4.78, 5) is 15.6. The van der Waals surface area contributed by atoms with Gasteiger partial charge in [-0.15, -0.1) is 0 Å². The lowest BCUT2D eigenvalue weighted by Gasteiger charge is -2.04. The summed E-state index contributed by atoms with van der Waals surface area (Å²) >= 11 is 0. The average molecular weight is 205 g/mol. The van der Waals surface area contributed by atoms with Crippen LogP contribution in [0.1, 0.15) is 23.2 Å². The molecule has 80 valence electrons. The minimum absolute atomic E-state index is 0.0150. The van der Waals surface area contributed by atoms with E-state index in [0.29, 0.717) is 17.9 Å². The molecule has 0 amide bonds. The van der Waals surface area contributed by atoms with Gasteiger partial charge in [0.1, 0.15) is 5.82 Å². The Morgan fingerprint density at radius 2 is 2.40 bits per heavy atom. The van der Waals surface area contributed by atoms with E-state index in [-0.39, 0.29) is 5.78 Å². The first-order valence-electron chi connectivity index (χ1n) is 5.22. The Bertz CT molecular complexity index is 361. The predicted octanol–water partition coefficient (Wildman–Crippen LogP) is 0.846. The van der Waals surface area contributed by atoms with E-state index in [1.165, 1.54) is 12.8 Å². The molecule has 1 saturated carbocycles. The molecular weight excluding hydrogens is 190 g/mol. The van der Waals surface area contributed by atoms with Crippen LogP contribution in [0.15, 0.2) is 18.3 Å². The van der Waals surface area contributed by atoms with Gasteiger partial charge in [0.15, 0.2) is 5.78 Å². The normalized spacial score (nSPS) is 15.2. The second kappa shape index (κ2) is 4.40. The maximum Gasteiger partial charge on any atom is 0.180 e. The Morgan fingerprint density at radius 1 is 1.60 bits per heavy atom. The molecule has 0 saturated heterocycles. The number of rotatable bonds is 5. The van der Waals surface area contributed by atoms with Gasteiger partial charge >= 0.3 is 0 Å². The first-order chi connectivity index (χ1) is 7.27. The van der Waals surface area contributed by atoms with Crippen LogP contribution in [0.4, 0.5) is 5.82 Å². The number of hydrogen-bond acceptors (Lipinski definition) is 4. The number of anilines is 1. The molecule has 0 bridgehead atoms. The minimum Gasteiger partial charge on any atom is -0.383 e. The highest BCUT2D eigenvalue weighted by Crippen LogP contribution is 2.27. The molecule has 1 aliphatic carbocycles. The van der Waals surface area contributed by atoms with E-state index in [1.54, 1.807) is 18.3 Å². The maximum atomic E-state index is 11.7. The van der Waals surface area contributed by atoms with Gasteiger partial charge in [0.2, 0.25) is 0 Å². The lowest BCUT2D eigenvalue weighted by atomic mass is 10.1. The molecule has 1 aromatic heterocycles. The number of nitrogen functional groups attached to an aromatic ring is 1.